The molecule has 0 spiro atoms. The van der Waals surface area contributed by atoms with Crippen molar-refractivity contribution in [1.82, 2.24) is 4.98 Å². The van der Waals surface area contributed by atoms with Crippen LogP contribution in [0.2, 0.25) is 15.1 Å². The van der Waals surface area contributed by atoms with Crippen molar-refractivity contribution in [1.29, 1.82) is 0 Å². The van der Waals surface area contributed by atoms with E-state index in [1.54, 1.807) is 24.3 Å². The molecule has 3 rings (SSSR count). The number of aromatic nitrogens is 1. The van der Waals surface area contributed by atoms with E-state index in [-0.39, 0.29) is 26.5 Å². The van der Waals surface area contributed by atoms with Crippen molar-refractivity contribution in [3.05, 3.63) is 97.7 Å². The van der Waals surface area contributed by atoms with Crippen molar-refractivity contribution < 1.29 is 14.3 Å². The number of carbonyl (C=O) groups excluding carboxylic acids is 2. The number of Topliss-reactive ketones (excluding diaryl/α,β-unsaturated/α-hetero) is 1. The third-order valence-corrected chi connectivity index (χ3v) is 5.53. The number of halogens is 3. The van der Waals surface area contributed by atoms with Gasteiger partial charge in [0.05, 0.1) is 15.1 Å². The molecule has 0 aliphatic heterocycles. The average Bonchev–Trinajstić information content (AvgIpc) is 2.71. The van der Waals surface area contributed by atoms with Gasteiger partial charge in [-0.2, -0.15) is 0 Å². The molecular formula is C22H16Cl3NO3. The van der Waals surface area contributed by atoms with Crippen LogP contribution in [0.5, 0.6) is 0 Å². The molecule has 0 fully saturated rings. The Balaban J connectivity index is 1.98. The van der Waals surface area contributed by atoms with Crippen LogP contribution in [0.1, 0.15) is 43.6 Å². The molecular weight excluding hydrogens is 433 g/mol. The highest BCUT2D eigenvalue weighted by Gasteiger charge is 2.29. The number of benzene rings is 2. The molecule has 4 nitrogen and oxygen atoms in total. The number of ketones is 1. The van der Waals surface area contributed by atoms with Gasteiger partial charge in [-0.05, 0) is 13.8 Å². The molecule has 0 aliphatic carbocycles. The van der Waals surface area contributed by atoms with Gasteiger partial charge in [-0.15, -0.1) is 0 Å². The smallest absolute Gasteiger partial charge is 0.359 e. The van der Waals surface area contributed by atoms with Gasteiger partial charge in [-0.3, -0.25) is 4.79 Å². The SMILES string of the molecule is Cc1ccc(C(=O)[C@H](OC(=O)c2ncc(Cl)c(Cl)c2Cl)c2ccc(C)cc2)cc1. The second-order valence-electron chi connectivity index (χ2n) is 6.51. The molecule has 1 atom stereocenters. The third-order valence-electron chi connectivity index (χ3n) is 4.29. The third kappa shape index (κ3) is 4.78. The van der Waals surface area contributed by atoms with Crippen LogP contribution in [-0.4, -0.2) is 16.7 Å². The lowest BCUT2D eigenvalue weighted by atomic mass is 9.98. The summed E-state index contributed by atoms with van der Waals surface area (Å²) in [5, 5.41) is -0.0272. The summed E-state index contributed by atoms with van der Waals surface area (Å²) in [6, 6.07) is 14.2. The maximum Gasteiger partial charge on any atom is 0.359 e. The molecule has 0 bridgehead atoms. The normalized spacial score (nSPS) is 11.8. The number of nitrogens with zero attached hydrogens (tertiary/aromatic N) is 1. The van der Waals surface area contributed by atoms with E-state index in [4.69, 9.17) is 39.5 Å². The molecule has 0 amide bonds. The van der Waals surface area contributed by atoms with Crippen LogP contribution >= 0.6 is 34.8 Å². The Kier molecular flexibility index (Phi) is 6.58. The number of aryl methyl sites for hydroxylation is 2. The van der Waals surface area contributed by atoms with E-state index in [1.165, 1.54) is 6.20 Å². The number of carbonyl (C=O) groups is 2. The quantitative estimate of drug-likeness (QED) is 0.333. The summed E-state index contributed by atoms with van der Waals surface area (Å²) in [5.74, 6) is -1.24. The Morgan fingerprint density at radius 2 is 1.41 bits per heavy atom. The van der Waals surface area contributed by atoms with Crippen molar-refractivity contribution in [3.8, 4) is 0 Å². The summed E-state index contributed by atoms with van der Waals surface area (Å²) >= 11 is 18.0. The Morgan fingerprint density at radius 1 is 0.862 bits per heavy atom. The first-order chi connectivity index (χ1) is 13.8. The fourth-order valence-electron chi connectivity index (χ4n) is 2.63. The van der Waals surface area contributed by atoms with Crippen molar-refractivity contribution >= 4 is 46.6 Å². The zero-order chi connectivity index (χ0) is 21.1. The molecule has 29 heavy (non-hydrogen) atoms. The molecule has 1 heterocycles. The van der Waals surface area contributed by atoms with E-state index in [0.717, 1.165) is 11.1 Å². The lowest BCUT2D eigenvalue weighted by molar-refractivity contribution is 0.0274. The van der Waals surface area contributed by atoms with Gasteiger partial charge >= 0.3 is 5.97 Å². The van der Waals surface area contributed by atoms with E-state index >= 15 is 0 Å². The summed E-state index contributed by atoms with van der Waals surface area (Å²) in [6.45, 7) is 3.84. The average molecular weight is 449 g/mol. The maximum absolute atomic E-state index is 13.1. The van der Waals surface area contributed by atoms with Gasteiger partial charge in [0.1, 0.15) is 0 Å². The van der Waals surface area contributed by atoms with Crippen LogP contribution in [-0.2, 0) is 4.74 Å². The first kappa shape index (κ1) is 21.3. The van der Waals surface area contributed by atoms with E-state index in [9.17, 15) is 9.59 Å². The van der Waals surface area contributed by atoms with Crippen LogP contribution in [0.15, 0.2) is 54.7 Å². The lowest BCUT2D eigenvalue weighted by Crippen LogP contribution is -2.21. The summed E-state index contributed by atoms with van der Waals surface area (Å²) in [6.07, 6.45) is 0.0350. The Labute approximate surface area is 183 Å². The molecule has 2 aromatic carbocycles. The number of rotatable bonds is 5. The molecule has 0 radical (unpaired) electrons. The molecule has 7 heteroatoms. The van der Waals surface area contributed by atoms with Gasteiger partial charge in [-0.25, -0.2) is 9.78 Å². The first-order valence-corrected chi connectivity index (χ1v) is 9.79. The number of pyridine rings is 1. The monoisotopic (exact) mass is 447 g/mol. The molecule has 0 saturated carbocycles. The number of ether oxygens (including phenoxy) is 1. The van der Waals surface area contributed by atoms with Crippen molar-refractivity contribution in [2.24, 2.45) is 0 Å². The van der Waals surface area contributed by atoms with Gasteiger partial charge in [0.25, 0.3) is 0 Å². The second-order valence-corrected chi connectivity index (χ2v) is 7.67. The second kappa shape index (κ2) is 8.95. The zero-order valence-electron chi connectivity index (χ0n) is 15.6. The first-order valence-electron chi connectivity index (χ1n) is 8.66. The molecule has 3 aromatic rings. The largest absolute Gasteiger partial charge is 0.444 e. The number of esters is 1. The Morgan fingerprint density at radius 3 is 2.00 bits per heavy atom. The van der Waals surface area contributed by atoms with Crippen molar-refractivity contribution in [2.75, 3.05) is 0 Å². The molecule has 0 unspecified atom stereocenters. The highest BCUT2D eigenvalue weighted by atomic mass is 35.5. The highest BCUT2D eigenvalue weighted by molar-refractivity contribution is 6.48. The maximum atomic E-state index is 13.1. The standard InChI is InChI=1S/C22H16Cl3NO3/c1-12-3-7-14(8-4-12)20(27)21(15-9-5-13(2)6-10-15)29-22(28)19-18(25)17(24)16(23)11-26-19/h3-11,21H,1-2H3/t21-/m1/s1. The number of hydrogen-bond donors (Lipinski definition) is 0. The fourth-order valence-corrected chi connectivity index (χ4v) is 3.19. The molecule has 0 aliphatic rings. The summed E-state index contributed by atoms with van der Waals surface area (Å²) in [5.41, 5.74) is 2.76. The van der Waals surface area contributed by atoms with Gasteiger partial charge < -0.3 is 4.74 Å². The van der Waals surface area contributed by atoms with E-state index in [1.807, 2.05) is 38.1 Å². The lowest BCUT2D eigenvalue weighted by Gasteiger charge is -2.18. The van der Waals surface area contributed by atoms with Gasteiger partial charge in [0.2, 0.25) is 5.78 Å². The molecule has 0 saturated heterocycles. The van der Waals surface area contributed by atoms with E-state index < -0.39 is 12.1 Å². The van der Waals surface area contributed by atoms with E-state index in [0.29, 0.717) is 11.1 Å². The van der Waals surface area contributed by atoms with Gasteiger partial charge in [0.15, 0.2) is 11.8 Å². The minimum atomic E-state index is -1.17. The Bertz CT molecular complexity index is 1060. The van der Waals surface area contributed by atoms with Crippen LogP contribution in [0.3, 0.4) is 0 Å². The van der Waals surface area contributed by atoms with Gasteiger partial charge in [-0.1, -0.05) is 94.5 Å². The van der Waals surface area contributed by atoms with Gasteiger partial charge in [0, 0.05) is 17.3 Å². The topological polar surface area (TPSA) is 56.3 Å². The minimum absolute atomic E-state index is 0.00738. The van der Waals surface area contributed by atoms with Crippen LogP contribution in [0.25, 0.3) is 0 Å². The predicted molar refractivity (Wildman–Crippen MR) is 114 cm³/mol. The fraction of sp³-hybridized carbons (Fsp3) is 0.136. The minimum Gasteiger partial charge on any atom is -0.444 e. The predicted octanol–water partition coefficient (Wildman–Crippen LogP) is 6.44. The summed E-state index contributed by atoms with van der Waals surface area (Å²) < 4.78 is 5.55. The summed E-state index contributed by atoms with van der Waals surface area (Å²) in [7, 11) is 0. The Hall–Kier alpha value is -2.40. The highest BCUT2D eigenvalue weighted by Crippen LogP contribution is 2.33. The molecule has 1 aromatic heterocycles. The molecule has 148 valence electrons. The van der Waals surface area contributed by atoms with Crippen LogP contribution in [0, 0.1) is 13.8 Å². The van der Waals surface area contributed by atoms with E-state index in [2.05, 4.69) is 4.98 Å². The van der Waals surface area contributed by atoms with Crippen LogP contribution < -0.4 is 0 Å². The van der Waals surface area contributed by atoms with Crippen molar-refractivity contribution in [3.63, 3.8) is 0 Å². The zero-order valence-corrected chi connectivity index (χ0v) is 17.8. The molecule has 0 N–H and O–H groups in total. The van der Waals surface area contributed by atoms with Crippen molar-refractivity contribution in [2.45, 2.75) is 20.0 Å². The number of hydrogen-bond acceptors (Lipinski definition) is 4. The van der Waals surface area contributed by atoms with Crippen LogP contribution in [0.4, 0.5) is 0 Å². The summed E-state index contributed by atoms with van der Waals surface area (Å²) in [4.78, 5) is 29.8.